The summed E-state index contributed by atoms with van der Waals surface area (Å²) in [5.74, 6) is 9.39. The molecule has 0 aliphatic heterocycles. The first-order chi connectivity index (χ1) is 11.3. The summed E-state index contributed by atoms with van der Waals surface area (Å²) < 4.78 is 1.81. The van der Waals surface area contributed by atoms with Crippen molar-refractivity contribution in [2.45, 2.75) is 13.8 Å². The number of carbonyl (C=O) groups excluding carboxylic acids is 2. The summed E-state index contributed by atoms with van der Waals surface area (Å²) in [5, 5.41) is 0. The first-order valence-corrected chi connectivity index (χ1v) is 8.43. The molecule has 0 heterocycles. The highest BCUT2D eigenvalue weighted by Gasteiger charge is 2.04. The zero-order valence-corrected chi connectivity index (χ0v) is 16.4. The number of nitrogens with two attached hydrogens (primary N) is 2. The number of aryl methyl sites for hydroxylation is 2. The monoisotopic (exact) mass is 456 g/mol. The van der Waals surface area contributed by atoms with E-state index in [-0.39, 0.29) is 11.8 Å². The van der Waals surface area contributed by atoms with E-state index in [1.165, 1.54) is 0 Å². The van der Waals surface area contributed by atoms with Crippen molar-refractivity contribution in [2.24, 2.45) is 11.7 Å². The fraction of sp³-hybridized carbons (Fsp3) is 0.125. The highest BCUT2D eigenvalue weighted by molar-refractivity contribution is 9.10. The van der Waals surface area contributed by atoms with Crippen LogP contribution in [-0.2, 0) is 0 Å². The van der Waals surface area contributed by atoms with E-state index in [1.54, 1.807) is 24.3 Å². The van der Waals surface area contributed by atoms with Crippen molar-refractivity contribution in [3.8, 4) is 0 Å². The normalized spacial score (nSPS) is 9.58. The molecule has 0 aliphatic carbocycles. The van der Waals surface area contributed by atoms with Crippen LogP contribution >= 0.6 is 31.9 Å². The maximum Gasteiger partial charge on any atom is 0.265 e. The van der Waals surface area contributed by atoms with Gasteiger partial charge in [-0.1, -0.05) is 44.0 Å². The molecule has 128 valence electrons. The molecular formula is C16H18Br2N4O2. The molecule has 0 unspecified atom stereocenters. The SMILES string of the molecule is Cc1ccc(C(=O)NN)cc1Br.Cc1ccc(C(=O)NN)cc1Br. The van der Waals surface area contributed by atoms with E-state index in [9.17, 15) is 9.59 Å². The van der Waals surface area contributed by atoms with Gasteiger partial charge in [-0.15, -0.1) is 0 Å². The fourth-order valence-electron chi connectivity index (χ4n) is 1.63. The average molecular weight is 458 g/mol. The van der Waals surface area contributed by atoms with Crippen LogP contribution in [0, 0.1) is 13.8 Å². The molecule has 0 aromatic heterocycles. The van der Waals surface area contributed by atoms with Gasteiger partial charge in [-0.3, -0.25) is 20.4 Å². The van der Waals surface area contributed by atoms with Gasteiger partial charge in [-0.2, -0.15) is 0 Å². The molecular weight excluding hydrogens is 440 g/mol. The topological polar surface area (TPSA) is 110 Å². The Kier molecular flexibility index (Phi) is 8.06. The molecule has 8 heteroatoms. The minimum atomic E-state index is -0.282. The van der Waals surface area contributed by atoms with Gasteiger partial charge in [-0.05, 0) is 49.2 Å². The molecule has 2 amide bonds. The molecule has 0 aliphatic rings. The Morgan fingerprint density at radius 1 is 0.792 bits per heavy atom. The molecule has 2 aromatic carbocycles. The molecule has 6 nitrogen and oxygen atoms in total. The van der Waals surface area contributed by atoms with Crippen molar-refractivity contribution in [1.29, 1.82) is 0 Å². The number of halogens is 2. The summed E-state index contributed by atoms with van der Waals surface area (Å²) in [4.78, 5) is 22.0. The van der Waals surface area contributed by atoms with E-state index in [4.69, 9.17) is 11.7 Å². The second-order valence-electron chi connectivity index (χ2n) is 4.87. The van der Waals surface area contributed by atoms with Crippen LogP contribution in [0.3, 0.4) is 0 Å². The Bertz CT molecular complexity index is 687. The van der Waals surface area contributed by atoms with Gasteiger partial charge in [0.15, 0.2) is 0 Å². The molecule has 0 atom stereocenters. The van der Waals surface area contributed by atoms with Gasteiger partial charge in [0.1, 0.15) is 0 Å². The molecule has 24 heavy (non-hydrogen) atoms. The van der Waals surface area contributed by atoms with Crippen LogP contribution in [0.1, 0.15) is 31.8 Å². The molecule has 0 fully saturated rings. The summed E-state index contributed by atoms with van der Waals surface area (Å²) in [6, 6.07) is 10.6. The van der Waals surface area contributed by atoms with Crippen LogP contribution in [0.5, 0.6) is 0 Å². The summed E-state index contributed by atoms with van der Waals surface area (Å²) in [6.45, 7) is 3.91. The van der Waals surface area contributed by atoms with Crippen molar-refractivity contribution in [3.63, 3.8) is 0 Å². The average Bonchev–Trinajstić information content (AvgIpc) is 2.58. The highest BCUT2D eigenvalue weighted by atomic mass is 79.9. The summed E-state index contributed by atoms with van der Waals surface area (Å²) in [5.41, 5.74) is 7.41. The Morgan fingerprint density at radius 2 is 1.12 bits per heavy atom. The lowest BCUT2D eigenvalue weighted by atomic mass is 10.1. The molecule has 2 aromatic rings. The van der Waals surface area contributed by atoms with Gasteiger partial charge >= 0.3 is 0 Å². The molecule has 0 spiro atoms. The highest BCUT2D eigenvalue weighted by Crippen LogP contribution is 2.17. The van der Waals surface area contributed by atoms with Gasteiger partial charge < -0.3 is 0 Å². The summed E-state index contributed by atoms with van der Waals surface area (Å²) >= 11 is 6.65. The van der Waals surface area contributed by atoms with Crippen molar-refractivity contribution < 1.29 is 9.59 Å². The zero-order valence-electron chi connectivity index (χ0n) is 13.2. The number of rotatable bonds is 2. The van der Waals surface area contributed by atoms with E-state index in [2.05, 4.69) is 42.7 Å². The molecule has 0 saturated carbocycles. The van der Waals surface area contributed by atoms with Crippen LogP contribution in [0.2, 0.25) is 0 Å². The predicted molar refractivity (Wildman–Crippen MR) is 101 cm³/mol. The first kappa shape index (κ1) is 20.3. The minimum absolute atomic E-state index is 0.282. The second kappa shape index (κ2) is 9.53. The fourth-order valence-corrected chi connectivity index (χ4v) is 2.39. The number of hydrogen-bond acceptors (Lipinski definition) is 4. The van der Waals surface area contributed by atoms with E-state index >= 15 is 0 Å². The van der Waals surface area contributed by atoms with Crippen LogP contribution in [0.4, 0.5) is 0 Å². The third-order valence-electron chi connectivity index (χ3n) is 3.13. The summed E-state index contributed by atoms with van der Waals surface area (Å²) in [6.07, 6.45) is 0. The lowest BCUT2D eigenvalue weighted by molar-refractivity contribution is 0.0945. The first-order valence-electron chi connectivity index (χ1n) is 6.84. The Hall–Kier alpha value is -1.74. The minimum Gasteiger partial charge on any atom is -0.290 e. The maximum atomic E-state index is 11.0. The van der Waals surface area contributed by atoms with Gasteiger partial charge in [0, 0.05) is 20.1 Å². The van der Waals surface area contributed by atoms with Crippen LogP contribution in [-0.4, -0.2) is 11.8 Å². The summed E-state index contributed by atoms with van der Waals surface area (Å²) in [7, 11) is 0. The van der Waals surface area contributed by atoms with Crippen LogP contribution in [0.25, 0.3) is 0 Å². The zero-order chi connectivity index (χ0) is 18.3. The van der Waals surface area contributed by atoms with Gasteiger partial charge in [0.25, 0.3) is 11.8 Å². The molecule has 0 saturated heterocycles. The van der Waals surface area contributed by atoms with Crippen molar-refractivity contribution in [2.75, 3.05) is 0 Å². The maximum absolute atomic E-state index is 11.0. The third-order valence-corrected chi connectivity index (χ3v) is 4.84. The quantitative estimate of drug-likeness (QED) is 0.315. The Balaban J connectivity index is 0.000000240. The number of carbonyl (C=O) groups is 2. The Morgan fingerprint density at radius 3 is 1.38 bits per heavy atom. The van der Waals surface area contributed by atoms with Crippen molar-refractivity contribution >= 4 is 43.7 Å². The predicted octanol–water partition coefficient (Wildman–Crippen LogP) is 2.72. The van der Waals surface area contributed by atoms with Gasteiger partial charge in [-0.25, -0.2) is 11.7 Å². The molecule has 2 rings (SSSR count). The van der Waals surface area contributed by atoms with Gasteiger partial charge in [0.2, 0.25) is 0 Å². The number of amides is 2. The van der Waals surface area contributed by atoms with E-state index in [0.717, 1.165) is 20.1 Å². The van der Waals surface area contributed by atoms with Crippen LogP contribution in [0.15, 0.2) is 45.3 Å². The van der Waals surface area contributed by atoms with E-state index < -0.39 is 0 Å². The number of nitrogens with one attached hydrogen (secondary N) is 2. The largest absolute Gasteiger partial charge is 0.290 e. The second-order valence-corrected chi connectivity index (χ2v) is 6.58. The third kappa shape index (κ3) is 5.72. The lowest BCUT2D eigenvalue weighted by Crippen LogP contribution is -2.29. The van der Waals surface area contributed by atoms with Crippen LogP contribution < -0.4 is 22.5 Å². The number of nitrogen functional groups attached to an aromatic ring is 2. The van der Waals surface area contributed by atoms with Gasteiger partial charge in [0.05, 0.1) is 0 Å². The number of hydrogen-bond donors (Lipinski definition) is 4. The number of hydrazine groups is 2. The van der Waals surface area contributed by atoms with Crippen molar-refractivity contribution in [3.05, 3.63) is 67.6 Å². The molecule has 0 radical (unpaired) electrons. The van der Waals surface area contributed by atoms with E-state index in [1.807, 2.05) is 26.0 Å². The standard InChI is InChI=1S/2C8H9BrN2O/c2*1-5-2-3-6(4-7(5)9)8(12)11-10/h2*2-4H,10H2,1H3,(H,11,12). The van der Waals surface area contributed by atoms with E-state index in [0.29, 0.717) is 11.1 Å². The van der Waals surface area contributed by atoms with Crippen molar-refractivity contribution in [1.82, 2.24) is 10.9 Å². The number of benzene rings is 2. The molecule has 0 bridgehead atoms. The molecule has 6 N–H and O–H groups in total. The lowest BCUT2D eigenvalue weighted by Gasteiger charge is -2.01. The Labute approximate surface area is 157 Å². The smallest absolute Gasteiger partial charge is 0.265 e.